The van der Waals surface area contributed by atoms with E-state index in [0.29, 0.717) is 36.3 Å². The highest BCUT2D eigenvalue weighted by Gasteiger charge is 2.22. The van der Waals surface area contributed by atoms with Gasteiger partial charge in [-0.3, -0.25) is 9.59 Å². The quantitative estimate of drug-likeness (QED) is 0.115. The van der Waals surface area contributed by atoms with Crippen LogP contribution in [0, 0.1) is 0 Å². The minimum atomic E-state index is -0.754. The monoisotopic (exact) mass is 601 g/mol. The van der Waals surface area contributed by atoms with Crippen molar-refractivity contribution in [2.24, 2.45) is 4.99 Å². The van der Waals surface area contributed by atoms with Gasteiger partial charge < -0.3 is 14.0 Å². The number of amides is 1. The van der Waals surface area contributed by atoms with Gasteiger partial charge in [-0.2, -0.15) is 0 Å². The number of aromatic nitrogens is 2. The van der Waals surface area contributed by atoms with Gasteiger partial charge in [-0.1, -0.05) is 73.7 Å². The lowest BCUT2D eigenvalue weighted by Gasteiger charge is -2.19. The minimum absolute atomic E-state index is 0.275. The molecular weight excluding hydrogens is 566 g/mol. The molecule has 1 aliphatic carbocycles. The van der Waals surface area contributed by atoms with Crippen molar-refractivity contribution in [1.82, 2.24) is 9.55 Å². The van der Waals surface area contributed by atoms with Gasteiger partial charge in [0.25, 0.3) is 5.91 Å². The number of ether oxygens (including phenoxy) is 2. The summed E-state index contributed by atoms with van der Waals surface area (Å²) in [6.07, 6.45) is 8.95. The lowest BCUT2D eigenvalue weighted by molar-refractivity contribution is 0.0207. The lowest BCUT2D eigenvalue weighted by Crippen LogP contribution is -2.26. The molecule has 45 heavy (non-hydrogen) atoms. The largest absolute Gasteiger partial charge is 0.514 e. The molecule has 1 heterocycles. The minimum Gasteiger partial charge on any atom is -0.428 e. The number of allylic oxidation sites excluding steroid dienone is 2. The van der Waals surface area contributed by atoms with Gasteiger partial charge in [0.15, 0.2) is 6.29 Å². The van der Waals surface area contributed by atoms with Crippen molar-refractivity contribution in [2.45, 2.75) is 52.7 Å². The molecule has 228 valence electrons. The van der Waals surface area contributed by atoms with E-state index in [0.717, 1.165) is 40.3 Å². The number of aldehydes is 1. The van der Waals surface area contributed by atoms with Gasteiger partial charge in [-0.25, -0.2) is 14.8 Å². The van der Waals surface area contributed by atoms with Crippen molar-refractivity contribution in [3.05, 3.63) is 119 Å². The summed E-state index contributed by atoms with van der Waals surface area (Å²) in [6.45, 7) is 7.99. The fourth-order valence-corrected chi connectivity index (χ4v) is 4.97. The number of rotatable bonds is 8. The summed E-state index contributed by atoms with van der Waals surface area (Å²) in [5.41, 5.74) is 5.00. The summed E-state index contributed by atoms with van der Waals surface area (Å²) in [5.74, 6) is 0.772. The van der Waals surface area contributed by atoms with Gasteiger partial charge >= 0.3 is 6.16 Å². The predicted octanol–water partition coefficient (Wildman–Crippen LogP) is 8.00. The van der Waals surface area contributed by atoms with E-state index in [1.165, 1.54) is 0 Å². The van der Waals surface area contributed by atoms with E-state index in [2.05, 4.69) is 22.6 Å². The number of imidazole rings is 1. The number of benzene rings is 3. The zero-order valence-electron chi connectivity index (χ0n) is 25.8. The number of hydrogen-bond donors (Lipinski definition) is 0. The molecule has 0 spiro atoms. The third kappa shape index (κ3) is 7.59. The Morgan fingerprint density at radius 3 is 2.44 bits per heavy atom. The average Bonchev–Trinajstić information content (AvgIpc) is 3.35. The van der Waals surface area contributed by atoms with E-state index in [9.17, 15) is 14.4 Å². The van der Waals surface area contributed by atoms with Crippen molar-refractivity contribution in [3.8, 4) is 16.9 Å². The fourth-order valence-electron chi connectivity index (χ4n) is 4.97. The van der Waals surface area contributed by atoms with Gasteiger partial charge in [0.1, 0.15) is 17.2 Å². The first-order chi connectivity index (χ1) is 21.6. The van der Waals surface area contributed by atoms with Gasteiger partial charge in [0.05, 0.1) is 22.7 Å². The summed E-state index contributed by atoms with van der Waals surface area (Å²) in [6, 6.07) is 22.0. The first-order valence-corrected chi connectivity index (χ1v) is 14.8. The fraction of sp³-hybridized carbons (Fsp3) is 0.216. The number of hydrogen-bond acceptors (Lipinski definition) is 6. The number of carbonyl (C=O) groups is 3. The molecule has 5 rings (SSSR count). The van der Waals surface area contributed by atoms with Crippen LogP contribution in [0.3, 0.4) is 0 Å². The first-order valence-electron chi connectivity index (χ1n) is 14.8. The highest BCUT2D eigenvalue weighted by atomic mass is 16.7. The molecule has 3 aromatic carbocycles. The lowest BCUT2D eigenvalue weighted by atomic mass is 10.0. The van der Waals surface area contributed by atoms with Crippen LogP contribution in [0.2, 0.25) is 0 Å². The average molecular weight is 602 g/mol. The maximum atomic E-state index is 13.0. The van der Waals surface area contributed by atoms with Crippen LogP contribution in [0.15, 0.2) is 89.9 Å². The topological polar surface area (TPSA) is 99.8 Å². The third-order valence-corrected chi connectivity index (χ3v) is 7.06. The maximum absolute atomic E-state index is 13.0. The smallest absolute Gasteiger partial charge is 0.428 e. The Hall–Kier alpha value is -5.37. The SMILES string of the molecule is CCC=Cc1nc2c(n1Cc1ccc(-c3ccccc3OC(=O)OC(C)(C)C)cc1)CC(=NC(=O)c1ccccc1C=O)C=C2. The van der Waals surface area contributed by atoms with E-state index in [1.807, 2.05) is 54.6 Å². The van der Waals surface area contributed by atoms with Crippen LogP contribution >= 0.6 is 0 Å². The van der Waals surface area contributed by atoms with Gasteiger partial charge in [0, 0.05) is 24.1 Å². The maximum Gasteiger partial charge on any atom is 0.514 e. The second-order valence-electron chi connectivity index (χ2n) is 11.6. The molecular formula is C37H35N3O5. The van der Waals surface area contributed by atoms with Crippen LogP contribution < -0.4 is 4.74 Å². The van der Waals surface area contributed by atoms with Crippen LogP contribution in [0.5, 0.6) is 5.75 Å². The Kier molecular flexibility index (Phi) is 9.33. The molecule has 0 saturated carbocycles. The Morgan fingerprint density at radius 1 is 0.978 bits per heavy atom. The van der Waals surface area contributed by atoms with Crippen LogP contribution in [0.4, 0.5) is 4.79 Å². The van der Waals surface area contributed by atoms with Gasteiger partial charge in [0.2, 0.25) is 0 Å². The molecule has 0 N–H and O–H groups in total. The first kappa shape index (κ1) is 31.1. The summed E-state index contributed by atoms with van der Waals surface area (Å²) >= 11 is 0. The summed E-state index contributed by atoms with van der Waals surface area (Å²) in [5, 5.41) is 0. The number of aliphatic imine (C=N–C) groups is 1. The van der Waals surface area contributed by atoms with Crippen molar-refractivity contribution in [2.75, 3.05) is 0 Å². The Labute approximate surface area is 262 Å². The number of para-hydroxylation sites is 1. The molecule has 0 saturated heterocycles. The summed E-state index contributed by atoms with van der Waals surface area (Å²) in [4.78, 5) is 46.0. The second-order valence-corrected chi connectivity index (χ2v) is 11.6. The molecule has 0 radical (unpaired) electrons. The number of carbonyl (C=O) groups excluding carboxylic acids is 3. The predicted molar refractivity (Wildman–Crippen MR) is 176 cm³/mol. The Bertz CT molecular complexity index is 1820. The van der Waals surface area contributed by atoms with Crippen molar-refractivity contribution in [3.63, 3.8) is 0 Å². The van der Waals surface area contributed by atoms with Gasteiger partial charge in [-0.15, -0.1) is 0 Å². The van der Waals surface area contributed by atoms with Crippen molar-refractivity contribution >= 4 is 36.2 Å². The van der Waals surface area contributed by atoms with Crippen molar-refractivity contribution in [1.29, 1.82) is 0 Å². The van der Waals surface area contributed by atoms with E-state index in [-0.39, 0.29) is 5.56 Å². The zero-order valence-corrected chi connectivity index (χ0v) is 25.8. The summed E-state index contributed by atoms with van der Waals surface area (Å²) < 4.78 is 13.0. The number of nitrogens with zero attached hydrogens (tertiary/aromatic N) is 3. The number of fused-ring (bicyclic) bond motifs is 1. The molecule has 0 unspecified atom stereocenters. The van der Waals surface area contributed by atoms with E-state index in [4.69, 9.17) is 14.5 Å². The molecule has 1 aliphatic rings. The standard InChI is InChI=1S/C37H35N3O5/c1-5-6-15-34-39-31-21-20-28(38-35(42)30-13-8-7-11-27(30)24-41)22-32(31)40(34)23-25-16-18-26(19-17-25)29-12-9-10-14-33(29)44-36(43)45-37(2,3)4/h6-21,24H,5,22-23H2,1-4H3. The zero-order chi connectivity index (χ0) is 32.0. The van der Waals surface area contributed by atoms with E-state index in [1.54, 1.807) is 57.2 Å². The molecule has 4 aromatic rings. The van der Waals surface area contributed by atoms with Gasteiger partial charge in [-0.05, 0) is 68.7 Å². The Morgan fingerprint density at radius 2 is 1.71 bits per heavy atom. The molecule has 0 bridgehead atoms. The highest BCUT2D eigenvalue weighted by molar-refractivity contribution is 6.12. The molecule has 8 nitrogen and oxygen atoms in total. The van der Waals surface area contributed by atoms with Crippen LogP contribution in [0.1, 0.15) is 77.6 Å². The molecule has 8 heteroatoms. The summed E-state index contributed by atoms with van der Waals surface area (Å²) in [7, 11) is 0. The molecule has 0 atom stereocenters. The second kappa shape index (κ2) is 13.5. The van der Waals surface area contributed by atoms with Crippen LogP contribution in [-0.4, -0.2) is 39.2 Å². The molecule has 0 aliphatic heterocycles. The molecule has 1 amide bonds. The van der Waals surface area contributed by atoms with E-state index < -0.39 is 17.7 Å². The Balaban J connectivity index is 1.40. The molecule has 1 aromatic heterocycles. The molecule has 0 fully saturated rings. The highest BCUT2D eigenvalue weighted by Crippen LogP contribution is 2.31. The normalized spacial score (nSPS) is 13.6. The van der Waals surface area contributed by atoms with Crippen LogP contribution in [0.25, 0.3) is 23.3 Å². The third-order valence-electron chi connectivity index (χ3n) is 7.06. The van der Waals surface area contributed by atoms with Crippen LogP contribution in [-0.2, 0) is 17.7 Å². The van der Waals surface area contributed by atoms with E-state index >= 15 is 0 Å². The van der Waals surface area contributed by atoms with Crippen molar-refractivity contribution < 1.29 is 23.9 Å².